The average Bonchev–Trinajstić information content (AvgIpc) is 2.79. The van der Waals surface area contributed by atoms with E-state index in [1.54, 1.807) is 0 Å². The number of carbonyl (C=O) groups is 3. The Bertz CT molecular complexity index is 702. The molecule has 0 aliphatic carbocycles. The van der Waals surface area contributed by atoms with Crippen LogP contribution in [0.1, 0.15) is 32.3 Å². The summed E-state index contributed by atoms with van der Waals surface area (Å²) in [5.74, 6) is -1.27. The van der Waals surface area contributed by atoms with Crippen molar-refractivity contribution in [3.05, 3.63) is 39.9 Å². The van der Waals surface area contributed by atoms with Gasteiger partial charge in [-0.25, -0.2) is 4.79 Å². The summed E-state index contributed by atoms with van der Waals surface area (Å²) in [7, 11) is 0. The van der Waals surface area contributed by atoms with E-state index in [4.69, 9.17) is 4.74 Å². The molecule has 1 aliphatic rings. The van der Waals surface area contributed by atoms with E-state index in [1.165, 1.54) is 31.2 Å². The maximum absolute atomic E-state index is 12.6. The van der Waals surface area contributed by atoms with E-state index < -0.39 is 34.9 Å². The molecule has 1 aromatic carbocycles. The number of ether oxygens (including phenoxy) is 1. The Morgan fingerprint density at radius 1 is 1.32 bits per heavy atom. The van der Waals surface area contributed by atoms with Crippen molar-refractivity contribution in [3.8, 4) is 0 Å². The van der Waals surface area contributed by atoms with Crippen molar-refractivity contribution in [2.75, 3.05) is 13.2 Å². The maximum Gasteiger partial charge on any atom is 0.326 e. The van der Waals surface area contributed by atoms with Crippen molar-refractivity contribution < 1.29 is 24.0 Å². The predicted molar refractivity (Wildman–Crippen MR) is 86.6 cm³/mol. The highest BCUT2D eigenvalue weighted by Gasteiger charge is 2.49. The second kappa shape index (κ2) is 7.29. The van der Waals surface area contributed by atoms with Gasteiger partial charge in [0.05, 0.1) is 11.5 Å². The van der Waals surface area contributed by atoms with Crippen LogP contribution in [0.3, 0.4) is 0 Å². The monoisotopic (exact) mass is 349 g/mol. The largest absolute Gasteiger partial charge is 0.464 e. The van der Waals surface area contributed by atoms with E-state index in [-0.39, 0.29) is 12.3 Å². The van der Waals surface area contributed by atoms with Gasteiger partial charge in [0.25, 0.3) is 11.6 Å². The maximum atomic E-state index is 12.6. The fraction of sp³-hybridized carbons (Fsp3) is 0.438. The molecule has 0 bridgehead atoms. The molecule has 1 aromatic rings. The van der Waals surface area contributed by atoms with Gasteiger partial charge in [0.2, 0.25) is 0 Å². The minimum absolute atomic E-state index is 0.125. The summed E-state index contributed by atoms with van der Waals surface area (Å²) >= 11 is 0. The molecule has 0 saturated carbocycles. The van der Waals surface area contributed by atoms with Gasteiger partial charge in [-0.2, -0.15) is 0 Å². The highest BCUT2D eigenvalue weighted by atomic mass is 16.6. The van der Waals surface area contributed by atoms with Crippen LogP contribution >= 0.6 is 0 Å². The number of unbranched alkanes of at least 4 members (excludes halogenated alkanes) is 1. The minimum atomic E-state index is -1.39. The van der Waals surface area contributed by atoms with Crippen LogP contribution in [0.25, 0.3) is 0 Å². The molecule has 1 N–H and O–H groups in total. The number of urea groups is 1. The van der Waals surface area contributed by atoms with E-state index in [2.05, 4.69) is 5.32 Å². The molecule has 1 unspecified atom stereocenters. The Kier molecular flexibility index (Phi) is 5.35. The number of benzene rings is 1. The summed E-state index contributed by atoms with van der Waals surface area (Å²) in [6.45, 7) is 3.19. The van der Waals surface area contributed by atoms with Gasteiger partial charge in [-0.1, -0.05) is 13.3 Å². The molecule has 9 heteroatoms. The Morgan fingerprint density at radius 3 is 2.52 bits per heavy atom. The van der Waals surface area contributed by atoms with Crippen LogP contribution in [0.15, 0.2) is 24.3 Å². The third-order valence-electron chi connectivity index (χ3n) is 3.98. The van der Waals surface area contributed by atoms with E-state index >= 15 is 0 Å². The molecule has 0 spiro atoms. The summed E-state index contributed by atoms with van der Waals surface area (Å²) in [4.78, 5) is 47.4. The van der Waals surface area contributed by atoms with Gasteiger partial charge in [0, 0.05) is 12.1 Å². The first kappa shape index (κ1) is 18.4. The number of hydrogen-bond donors (Lipinski definition) is 1. The molecular formula is C16H19N3O6. The molecule has 1 fully saturated rings. The summed E-state index contributed by atoms with van der Waals surface area (Å²) in [5.41, 5.74) is -1.13. The number of nitrogens with zero attached hydrogens (tertiary/aromatic N) is 2. The lowest BCUT2D eigenvalue weighted by atomic mass is 9.92. The smallest absolute Gasteiger partial charge is 0.326 e. The molecule has 134 valence electrons. The number of esters is 1. The second-order valence-corrected chi connectivity index (χ2v) is 5.82. The number of imide groups is 1. The molecule has 3 amide bonds. The first-order valence-electron chi connectivity index (χ1n) is 7.84. The quantitative estimate of drug-likeness (QED) is 0.263. The van der Waals surface area contributed by atoms with Crippen LogP contribution < -0.4 is 5.32 Å². The van der Waals surface area contributed by atoms with Crippen molar-refractivity contribution >= 4 is 23.6 Å². The number of hydrogen-bond acceptors (Lipinski definition) is 6. The van der Waals surface area contributed by atoms with Gasteiger partial charge in [0.15, 0.2) is 0 Å². The van der Waals surface area contributed by atoms with Gasteiger partial charge < -0.3 is 10.1 Å². The fourth-order valence-corrected chi connectivity index (χ4v) is 2.46. The predicted octanol–water partition coefficient (Wildman–Crippen LogP) is 1.71. The zero-order valence-electron chi connectivity index (χ0n) is 14.0. The number of non-ortho nitro benzene ring substituents is 1. The molecule has 1 atom stereocenters. The van der Waals surface area contributed by atoms with Crippen molar-refractivity contribution in [2.45, 2.75) is 32.2 Å². The Labute approximate surface area is 144 Å². The standard InChI is InChI=1S/C16H19N3O6/c1-3-4-9-25-13(20)10-18-14(21)16(2,17-15(18)22)11-5-7-12(8-6-11)19(23)24/h5-8H,3-4,9-10H2,1-2H3,(H,17,22). The van der Waals surface area contributed by atoms with Crippen LogP contribution in [0.5, 0.6) is 0 Å². The first-order chi connectivity index (χ1) is 11.8. The molecule has 0 radical (unpaired) electrons. The number of amides is 3. The van der Waals surface area contributed by atoms with Crippen LogP contribution in [0, 0.1) is 10.1 Å². The first-order valence-corrected chi connectivity index (χ1v) is 7.84. The van der Waals surface area contributed by atoms with E-state index in [0.717, 1.165) is 11.3 Å². The van der Waals surface area contributed by atoms with E-state index in [1.807, 2.05) is 6.92 Å². The summed E-state index contributed by atoms with van der Waals surface area (Å²) in [6, 6.07) is 4.60. The van der Waals surface area contributed by atoms with E-state index in [9.17, 15) is 24.5 Å². The van der Waals surface area contributed by atoms with E-state index in [0.29, 0.717) is 12.0 Å². The Morgan fingerprint density at radius 2 is 1.96 bits per heavy atom. The highest BCUT2D eigenvalue weighted by Crippen LogP contribution is 2.29. The topological polar surface area (TPSA) is 119 Å². The molecule has 1 saturated heterocycles. The lowest BCUT2D eigenvalue weighted by molar-refractivity contribution is -0.384. The third kappa shape index (κ3) is 3.76. The Hall–Kier alpha value is -2.97. The van der Waals surface area contributed by atoms with Crippen LogP contribution in [0.2, 0.25) is 0 Å². The SMILES string of the molecule is CCCCOC(=O)CN1C(=O)NC(C)(c2ccc([N+](=O)[O-])cc2)C1=O. The van der Waals surface area contributed by atoms with Crippen molar-refractivity contribution in [2.24, 2.45) is 0 Å². The number of nitro benzene ring substituents is 1. The average molecular weight is 349 g/mol. The zero-order chi connectivity index (χ0) is 18.6. The number of nitrogens with one attached hydrogen (secondary N) is 1. The van der Waals surface area contributed by atoms with Crippen LogP contribution in [-0.2, 0) is 19.9 Å². The van der Waals surface area contributed by atoms with Crippen LogP contribution in [-0.4, -0.2) is 40.9 Å². The molecule has 1 heterocycles. The van der Waals surface area contributed by atoms with Gasteiger partial charge in [-0.15, -0.1) is 0 Å². The van der Waals surface area contributed by atoms with Crippen molar-refractivity contribution in [3.63, 3.8) is 0 Å². The molecular weight excluding hydrogens is 330 g/mol. The fourth-order valence-electron chi connectivity index (χ4n) is 2.46. The van der Waals surface area contributed by atoms with Gasteiger partial charge in [0.1, 0.15) is 12.1 Å². The molecule has 9 nitrogen and oxygen atoms in total. The molecule has 0 aromatic heterocycles. The van der Waals surface area contributed by atoms with Gasteiger partial charge in [-0.05, 0) is 31.0 Å². The second-order valence-electron chi connectivity index (χ2n) is 5.82. The van der Waals surface area contributed by atoms with Gasteiger partial charge in [-0.3, -0.25) is 24.6 Å². The van der Waals surface area contributed by atoms with Crippen LogP contribution in [0.4, 0.5) is 10.5 Å². The lowest BCUT2D eigenvalue weighted by Gasteiger charge is -2.21. The Balaban J connectivity index is 2.13. The summed E-state index contributed by atoms with van der Waals surface area (Å²) in [5, 5.41) is 13.2. The third-order valence-corrected chi connectivity index (χ3v) is 3.98. The number of rotatable bonds is 7. The van der Waals surface area contributed by atoms with Gasteiger partial charge >= 0.3 is 12.0 Å². The van der Waals surface area contributed by atoms with Crippen molar-refractivity contribution in [1.82, 2.24) is 10.2 Å². The summed E-state index contributed by atoms with van der Waals surface area (Å²) in [6.07, 6.45) is 1.56. The molecule has 2 rings (SSSR count). The molecule has 1 aliphatic heterocycles. The normalized spacial score (nSPS) is 19.7. The minimum Gasteiger partial charge on any atom is -0.464 e. The number of nitro groups is 1. The zero-order valence-corrected chi connectivity index (χ0v) is 14.0. The molecule has 25 heavy (non-hydrogen) atoms. The van der Waals surface area contributed by atoms with Crippen molar-refractivity contribution in [1.29, 1.82) is 0 Å². The summed E-state index contributed by atoms with van der Waals surface area (Å²) < 4.78 is 4.97. The lowest BCUT2D eigenvalue weighted by Crippen LogP contribution is -2.41. The number of carbonyl (C=O) groups excluding carboxylic acids is 3. The highest BCUT2D eigenvalue weighted by molar-refractivity contribution is 6.08.